The van der Waals surface area contributed by atoms with Crippen molar-refractivity contribution in [1.29, 1.82) is 0 Å². The predicted octanol–water partition coefficient (Wildman–Crippen LogP) is 0.946. The van der Waals surface area contributed by atoms with Crippen LogP contribution in [0.4, 0.5) is 10.5 Å². The summed E-state index contributed by atoms with van der Waals surface area (Å²) in [6.45, 7) is 2.53. The lowest BCUT2D eigenvalue weighted by Gasteiger charge is -2.26. The zero-order valence-electron chi connectivity index (χ0n) is 8.35. The van der Waals surface area contributed by atoms with Crippen LogP contribution in [0.1, 0.15) is 0 Å². The van der Waals surface area contributed by atoms with Crippen LogP contribution in [-0.2, 0) is 4.74 Å². The summed E-state index contributed by atoms with van der Waals surface area (Å²) in [6.07, 6.45) is 3.30. The van der Waals surface area contributed by atoms with Crippen LogP contribution in [0.5, 0.6) is 0 Å². The molecule has 1 aromatic heterocycles. The van der Waals surface area contributed by atoms with Crippen LogP contribution in [-0.4, -0.2) is 42.2 Å². The van der Waals surface area contributed by atoms with Crippen LogP contribution >= 0.6 is 0 Å². The second kappa shape index (κ2) is 4.75. The number of amides is 2. The summed E-state index contributed by atoms with van der Waals surface area (Å²) in [5, 5.41) is 2.80. The zero-order chi connectivity index (χ0) is 10.5. The van der Waals surface area contributed by atoms with E-state index in [1.54, 1.807) is 29.4 Å². The third kappa shape index (κ3) is 2.66. The molecular weight excluding hydrogens is 194 g/mol. The highest BCUT2D eigenvalue weighted by atomic mass is 16.5. The fourth-order valence-electron chi connectivity index (χ4n) is 1.40. The molecule has 80 valence electrons. The van der Waals surface area contributed by atoms with Gasteiger partial charge in [-0.05, 0) is 12.1 Å². The Kier molecular flexibility index (Phi) is 3.14. The van der Waals surface area contributed by atoms with E-state index in [0.29, 0.717) is 26.3 Å². The number of aromatic nitrogens is 1. The van der Waals surface area contributed by atoms with Crippen molar-refractivity contribution < 1.29 is 9.53 Å². The monoisotopic (exact) mass is 207 g/mol. The first kappa shape index (κ1) is 9.92. The number of pyridine rings is 1. The van der Waals surface area contributed by atoms with Crippen molar-refractivity contribution in [2.24, 2.45) is 0 Å². The van der Waals surface area contributed by atoms with Crippen molar-refractivity contribution in [3.8, 4) is 0 Å². The van der Waals surface area contributed by atoms with E-state index in [0.717, 1.165) is 5.69 Å². The zero-order valence-corrected chi connectivity index (χ0v) is 8.35. The Balaban J connectivity index is 1.91. The molecule has 1 fully saturated rings. The topological polar surface area (TPSA) is 54.5 Å². The average molecular weight is 207 g/mol. The molecule has 2 rings (SSSR count). The number of anilines is 1. The van der Waals surface area contributed by atoms with Gasteiger partial charge in [-0.15, -0.1) is 0 Å². The summed E-state index contributed by atoms with van der Waals surface area (Å²) in [5.41, 5.74) is 0.765. The van der Waals surface area contributed by atoms with E-state index in [-0.39, 0.29) is 6.03 Å². The van der Waals surface area contributed by atoms with Gasteiger partial charge in [0, 0.05) is 31.2 Å². The normalized spacial score (nSPS) is 16.1. The van der Waals surface area contributed by atoms with Gasteiger partial charge in [0.2, 0.25) is 0 Å². The summed E-state index contributed by atoms with van der Waals surface area (Å²) in [4.78, 5) is 17.3. The molecule has 2 amide bonds. The molecule has 0 radical (unpaired) electrons. The summed E-state index contributed by atoms with van der Waals surface area (Å²) in [7, 11) is 0. The predicted molar refractivity (Wildman–Crippen MR) is 55.6 cm³/mol. The SMILES string of the molecule is O=C(Nc1ccncc1)N1CCOCC1. The fourth-order valence-corrected chi connectivity index (χ4v) is 1.40. The summed E-state index contributed by atoms with van der Waals surface area (Å²) in [6, 6.07) is 3.45. The molecule has 0 bridgehead atoms. The number of carbonyl (C=O) groups excluding carboxylic acids is 1. The van der Waals surface area contributed by atoms with Crippen molar-refractivity contribution in [2.75, 3.05) is 31.6 Å². The van der Waals surface area contributed by atoms with E-state index >= 15 is 0 Å². The molecule has 1 aromatic rings. The molecule has 0 aliphatic carbocycles. The van der Waals surface area contributed by atoms with Crippen molar-refractivity contribution in [2.45, 2.75) is 0 Å². The van der Waals surface area contributed by atoms with Crippen molar-refractivity contribution >= 4 is 11.7 Å². The lowest BCUT2D eigenvalue weighted by atomic mass is 10.4. The maximum atomic E-state index is 11.7. The average Bonchev–Trinajstić information content (AvgIpc) is 2.31. The third-order valence-corrected chi connectivity index (χ3v) is 2.23. The maximum Gasteiger partial charge on any atom is 0.322 e. The number of hydrogen-bond donors (Lipinski definition) is 1. The number of ether oxygens (including phenoxy) is 1. The Labute approximate surface area is 88.1 Å². The molecule has 0 aromatic carbocycles. The van der Waals surface area contributed by atoms with Gasteiger partial charge in [-0.1, -0.05) is 0 Å². The molecule has 0 spiro atoms. The number of nitrogens with zero attached hydrogens (tertiary/aromatic N) is 2. The number of carbonyl (C=O) groups is 1. The molecule has 0 saturated carbocycles. The van der Waals surface area contributed by atoms with Crippen molar-refractivity contribution in [3.05, 3.63) is 24.5 Å². The molecular formula is C10H13N3O2. The smallest absolute Gasteiger partial charge is 0.322 e. The fraction of sp³-hybridized carbons (Fsp3) is 0.400. The Morgan fingerprint density at radius 3 is 2.67 bits per heavy atom. The van der Waals surface area contributed by atoms with Gasteiger partial charge in [-0.2, -0.15) is 0 Å². The Hall–Kier alpha value is -1.62. The second-order valence-corrected chi connectivity index (χ2v) is 3.27. The minimum absolute atomic E-state index is 0.0792. The summed E-state index contributed by atoms with van der Waals surface area (Å²) < 4.78 is 5.17. The molecule has 1 saturated heterocycles. The van der Waals surface area contributed by atoms with Gasteiger partial charge >= 0.3 is 6.03 Å². The summed E-state index contributed by atoms with van der Waals surface area (Å²) >= 11 is 0. The van der Waals surface area contributed by atoms with Gasteiger partial charge in [0.1, 0.15) is 0 Å². The number of urea groups is 1. The minimum Gasteiger partial charge on any atom is -0.378 e. The quantitative estimate of drug-likeness (QED) is 0.745. The van der Waals surface area contributed by atoms with Crippen LogP contribution in [0.15, 0.2) is 24.5 Å². The molecule has 5 nitrogen and oxygen atoms in total. The highest BCUT2D eigenvalue weighted by molar-refractivity contribution is 5.89. The van der Waals surface area contributed by atoms with E-state index in [2.05, 4.69) is 10.3 Å². The molecule has 1 N–H and O–H groups in total. The van der Waals surface area contributed by atoms with Gasteiger partial charge in [0.05, 0.1) is 13.2 Å². The second-order valence-electron chi connectivity index (χ2n) is 3.27. The van der Waals surface area contributed by atoms with Gasteiger partial charge in [0.25, 0.3) is 0 Å². The van der Waals surface area contributed by atoms with Gasteiger partial charge in [-0.3, -0.25) is 4.98 Å². The Morgan fingerprint density at radius 2 is 2.00 bits per heavy atom. The van der Waals surface area contributed by atoms with Crippen molar-refractivity contribution in [1.82, 2.24) is 9.88 Å². The van der Waals surface area contributed by atoms with Crippen LogP contribution in [0.3, 0.4) is 0 Å². The van der Waals surface area contributed by atoms with Crippen molar-refractivity contribution in [3.63, 3.8) is 0 Å². The first-order valence-electron chi connectivity index (χ1n) is 4.90. The molecule has 1 aliphatic heterocycles. The van der Waals surface area contributed by atoms with Gasteiger partial charge < -0.3 is 15.0 Å². The maximum absolute atomic E-state index is 11.7. The number of nitrogens with one attached hydrogen (secondary N) is 1. The summed E-state index contributed by atoms with van der Waals surface area (Å²) in [5.74, 6) is 0. The lowest BCUT2D eigenvalue weighted by Crippen LogP contribution is -2.43. The first-order valence-corrected chi connectivity index (χ1v) is 4.90. The largest absolute Gasteiger partial charge is 0.378 e. The number of hydrogen-bond acceptors (Lipinski definition) is 3. The molecule has 0 atom stereocenters. The molecule has 15 heavy (non-hydrogen) atoms. The Bertz CT molecular complexity index is 323. The molecule has 2 heterocycles. The lowest BCUT2D eigenvalue weighted by molar-refractivity contribution is 0.0564. The number of rotatable bonds is 1. The number of morpholine rings is 1. The van der Waals surface area contributed by atoms with Gasteiger partial charge in [-0.25, -0.2) is 4.79 Å². The van der Waals surface area contributed by atoms with E-state index < -0.39 is 0 Å². The minimum atomic E-state index is -0.0792. The highest BCUT2D eigenvalue weighted by Crippen LogP contribution is 2.06. The Morgan fingerprint density at radius 1 is 1.33 bits per heavy atom. The third-order valence-electron chi connectivity index (χ3n) is 2.23. The van der Waals surface area contributed by atoms with E-state index in [9.17, 15) is 4.79 Å². The van der Waals surface area contributed by atoms with Crippen LogP contribution in [0, 0.1) is 0 Å². The molecule has 5 heteroatoms. The molecule has 0 unspecified atom stereocenters. The van der Waals surface area contributed by atoms with Crippen LogP contribution in [0.2, 0.25) is 0 Å². The van der Waals surface area contributed by atoms with Crippen LogP contribution in [0.25, 0.3) is 0 Å². The van der Waals surface area contributed by atoms with E-state index in [1.807, 2.05) is 0 Å². The van der Waals surface area contributed by atoms with Gasteiger partial charge in [0.15, 0.2) is 0 Å². The van der Waals surface area contributed by atoms with E-state index in [4.69, 9.17) is 4.74 Å². The molecule has 1 aliphatic rings. The first-order chi connectivity index (χ1) is 7.36. The van der Waals surface area contributed by atoms with Crippen LogP contribution < -0.4 is 5.32 Å². The standard InChI is InChI=1S/C10H13N3O2/c14-10(13-5-7-15-8-6-13)12-9-1-3-11-4-2-9/h1-4H,5-8H2,(H,11,12,14). The van der Waals surface area contributed by atoms with E-state index in [1.165, 1.54) is 0 Å². The highest BCUT2D eigenvalue weighted by Gasteiger charge is 2.16.